The summed E-state index contributed by atoms with van der Waals surface area (Å²) in [6, 6.07) is 3.36. The van der Waals surface area contributed by atoms with Crippen LogP contribution in [0.3, 0.4) is 0 Å². The molecule has 2 rings (SSSR count). The second-order valence-corrected chi connectivity index (χ2v) is 4.67. The summed E-state index contributed by atoms with van der Waals surface area (Å²) in [5, 5.41) is 12.7. The maximum atomic E-state index is 11.4. The summed E-state index contributed by atoms with van der Waals surface area (Å²) in [6.45, 7) is -0.576. The fourth-order valence-electron chi connectivity index (χ4n) is 1.81. The first-order valence-electron chi connectivity index (χ1n) is 6.34. The molecule has 23 heavy (non-hydrogen) atoms. The standard InChI is InChI=1S/C14H13ClN2O6/c1-21-9-5-3-8(12(15)13(9)22-2)4-6-10-16-17(7-11(18)19)14(20)23-10/h3-6H,7H2,1-2H3,(H,18,19). The molecule has 0 aliphatic rings. The van der Waals surface area contributed by atoms with Crippen LogP contribution in [0, 0.1) is 0 Å². The normalized spacial score (nSPS) is 10.9. The van der Waals surface area contributed by atoms with Crippen LogP contribution >= 0.6 is 11.6 Å². The molecule has 0 aliphatic carbocycles. The van der Waals surface area contributed by atoms with Crippen molar-refractivity contribution in [3.8, 4) is 11.5 Å². The van der Waals surface area contributed by atoms with Crippen LogP contribution in [0.25, 0.3) is 12.2 Å². The molecular formula is C14H13ClN2O6. The predicted molar refractivity (Wildman–Crippen MR) is 81.9 cm³/mol. The fourth-order valence-corrected chi connectivity index (χ4v) is 2.11. The molecular weight excluding hydrogens is 328 g/mol. The Morgan fingerprint density at radius 3 is 2.74 bits per heavy atom. The van der Waals surface area contributed by atoms with Gasteiger partial charge in [0.25, 0.3) is 0 Å². The van der Waals surface area contributed by atoms with Gasteiger partial charge in [-0.2, -0.15) is 4.68 Å². The summed E-state index contributed by atoms with van der Waals surface area (Å²) < 4.78 is 15.8. The number of halogens is 1. The largest absolute Gasteiger partial charge is 0.493 e. The first-order valence-corrected chi connectivity index (χ1v) is 6.72. The number of carboxylic acid groups (broad SMARTS) is 1. The minimum absolute atomic E-state index is 0.0397. The summed E-state index contributed by atoms with van der Waals surface area (Å²) in [5.41, 5.74) is 0.583. The minimum atomic E-state index is -1.20. The molecule has 1 aromatic heterocycles. The Morgan fingerprint density at radius 2 is 2.13 bits per heavy atom. The molecule has 0 unspecified atom stereocenters. The summed E-state index contributed by atoms with van der Waals surface area (Å²) in [5.74, 6) is -1.24. The third kappa shape index (κ3) is 3.72. The molecule has 0 spiro atoms. The first kappa shape index (κ1) is 16.6. The lowest BCUT2D eigenvalue weighted by Crippen LogP contribution is -2.20. The molecule has 0 aliphatic heterocycles. The summed E-state index contributed by atoms with van der Waals surface area (Å²) in [7, 11) is 2.96. The highest BCUT2D eigenvalue weighted by atomic mass is 35.5. The lowest BCUT2D eigenvalue weighted by molar-refractivity contribution is -0.138. The number of carboxylic acids is 1. The molecule has 0 amide bonds. The second-order valence-electron chi connectivity index (χ2n) is 4.30. The highest BCUT2D eigenvalue weighted by Gasteiger charge is 2.12. The predicted octanol–water partition coefficient (Wildman–Crippen LogP) is 1.76. The zero-order valence-corrected chi connectivity index (χ0v) is 13.0. The van der Waals surface area contributed by atoms with Gasteiger partial charge in [0.2, 0.25) is 5.89 Å². The monoisotopic (exact) mass is 340 g/mol. The average Bonchev–Trinajstić information content (AvgIpc) is 2.85. The Morgan fingerprint density at radius 1 is 1.39 bits per heavy atom. The quantitative estimate of drug-likeness (QED) is 0.854. The lowest BCUT2D eigenvalue weighted by Gasteiger charge is -2.10. The van der Waals surface area contributed by atoms with Crippen molar-refractivity contribution in [2.45, 2.75) is 6.54 Å². The molecule has 1 heterocycles. The number of aliphatic carboxylic acids is 1. The Balaban J connectivity index is 2.30. The number of aromatic nitrogens is 2. The zero-order chi connectivity index (χ0) is 17.0. The van der Waals surface area contributed by atoms with Crippen molar-refractivity contribution in [1.82, 2.24) is 9.78 Å². The Bertz CT molecular complexity index is 808. The van der Waals surface area contributed by atoms with Gasteiger partial charge in [-0.25, -0.2) is 4.79 Å². The van der Waals surface area contributed by atoms with E-state index in [1.54, 1.807) is 18.2 Å². The van der Waals surface area contributed by atoms with Crippen molar-refractivity contribution in [2.75, 3.05) is 14.2 Å². The summed E-state index contributed by atoms with van der Waals surface area (Å²) >= 11 is 6.21. The number of benzene rings is 1. The minimum Gasteiger partial charge on any atom is -0.493 e. The van der Waals surface area contributed by atoms with E-state index < -0.39 is 18.3 Å². The maximum Gasteiger partial charge on any atom is 0.437 e. The molecule has 0 saturated carbocycles. The molecule has 9 heteroatoms. The van der Waals surface area contributed by atoms with E-state index in [1.807, 2.05) is 0 Å². The molecule has 0 radical (unpaired) electrons. The molecule has 0 atom stereocenters. The van der Waals surface area contributed by atoms with E-state index in [0.29, 0.717) is 26.8 Å². The van der Waals surface area contributed by atoms with Crippen molar-refractivity contribution in [1.29, 1.82) is 0 Å². The molecule has 0 bridgehead atoms. The number of hydrogen-bond acceptors (Lipinski definition) is 6. The second kappa shape index (κ2) is 7.01. The van der Waals surface area contributed by atoms with Crippen LogP contribution in [0.4, 0.5) is 0 Å². The molecule has 0 saturated heterocycles. The maximum absolute atomic E-state index is 11.4. The van der Waals surface area contributed by atoms with E-state index in [-0.39, 0.29) is 5.89 Å². The fraction of sp³-hybridized carbons (Fsp3) is 0.214. The van der Waals surface area contributed by atoms with Crippen molar-refractivity contribution < 1.29 is 23.8 Å². The molecule has 1 aromatic carbocycles. The van der Waals surface area contributed by atoms with E-state index in [0.717, 1.165) is 0 Å². The SMILES string of the molecule is COc1ccc(C=Cc2nn(CC(=O)O)c(=O)o2)c(Cl)c1OC. The van der Waals surface area contributed by atoms with Crippen LogP contribution < -0.4 is 15.2 Å². The Kier molecular flexibility index (Phi) is 5.07. The third-order valence-corrected chi connectivity index (χ3v) is 3.22. The molecule has 2 aromatic rings. The van der Waals surface area contributed by atoms with Gasteiger partial charge in [-0.1, -0.05) is 11.6 Å². The van der Waals surface area contributed by atoms with Crippen LogP contribution in [0.1, 0.15) is 11.5 Å². The van der Waals surface area contributed by atoms with Gasteiger partial charge in [0.1, 0.15) is 6.54 Å². The molecule has 122 valence electrons. The Labute approximate surface area is 135 Å². The average molecular weight is 341 g/mol. The third-order valence-electron chi connectivity index (χ3n) is 2.83. The number of rotatable bonds is 6. The zero-order valence-electron chi connectivity index (χ0n) is 12.3. The molecule has 1 N–H and O–H groups in total. The van der Waals surface area contributed by atoms with Crippen LogP contribution in [0.2, 0.25) is 5.02 Å². The van der Waals surface area contributed by atoms with Crippen LogP contribution in [-0.4, -0.2) is 35.1 Å². The van der Waals surface area contributed by atoms with E-state index in [9.17, 15) is 9.59 Å². The number of nitrogens with zero attached hydrogens (tertiary/aromatic N) is 2. The van der Waals surface area contributed by atoms with Gasteiger partial charge in [0, 0.05) is 6.08 Å². The molecule has 0 fully saturated rings. The summed E-state index contributed by atoms with van der Waals surface area (Å²) in [6.07, 6.45) is 2.95. The van der Waals surface area contributed by atoms with Crippen molar-refractivity contribution in [2.24, 2.45) is 0 Å². The Hall–Kier alpha value is -2.74. The van der Waals surface area contributed by atoms with Crippen LogP contribution in [-0.2, 0) is 11.3 Å². The van der Waals surface area contributed by atoms with Gasteiger partial charge >= 0.3 is 11.7 Å². The van der Waals surface area contributed by atoms with Crippen molar-refractivity contribution in [3.63, 3.8) is 0 Å². The molecule has 8 nitrogen and oxygen atoms in total. The van der Waals surface area contributed by atoms with Gasteiger partial charge in [0.05, 0.1) is 19.2 Å². The van der Waals surface area contributed by atoms with Gasteiger partial charge in [0.15, 0.2) is 11.5 Å². The highest BCUT2D eigenvalue weighted by Crippen LogP contribution is 2.37. The highest BCUT2D eigenvalue weighted by molar-refractivity contribution is 6.33. The van der Waals surface area contributed by atoms with Crippen LogP contribution in [0.15, 0.2) is 21.3 Å². The van der Waals surface area contributed by atoms with E-state index in [4.69, 9.17) is 30.6 Å². The van der Waals surface area contributed by atoms with E-state index in [1.165, 1.54) is 20.3 Å². The van der Waals surface area contributed by atoms with Gasteiger partial charge < -0.3 is 19.0 Å². The van der Waals surface area contributed by atoms with Gasteiger partial charge in [-0.15, -0.1) is 5.10 Å². The number of methoxy groups -OCH3 is 2. The number of hydrogen-bond donors (Lipinski definition) is 1. The lowest BCUT2D eigenvalue weighted by atomic mass is 10.2. The first-order chi connectivity index (χ1) is 11.0. The number of ether oxygens (including phenoxy) is 2. The van der Waals surface area contributed by atoms with E-state index >= 15 is 0 Å². The summed E-state index contributed by atoms with van der Waals surface area (Å²) in [4.78, 5) is 22.0. The van der Waals surface area contributed by atoms with Crippen LogP contribution in [0.5, 0.6) is 11.5 Å². The topological polar surface area (TPSA) is 104 Å². The van der Waals surface area contributed by atoms with Gasteiger partial charge in [-0.3, -0.25) is 4.79 Å². The number of carbonyl (C=O) groups is 1. The van der Waals surface area contributed by atoms with Gasteiger partial charge in [-0.05, 0) is 23.8 Å². The smallest absolute Gasteiger partial charge is 0.437 e. The van der Waals surface area contributed by atoms with E-state index in [2.05, 4.69) is 5.10 Å². The van der Waals surface area contributed by atoms with Crippen molar-refractivity contribution >= 4 is 29.7 Å². The van der Waals surface area contributed by atoms with Crippen molar-refractivity contribution in [3.05, 3.63) is 39.2 Å².